The standard InChI is InChI=1S/C25H31N3O2/c1-24(2,3)18-8-10-23(30-4)20(13-18)25(29,16-26-15-17-5-6-17)19-7-9-21-22(14-19)28-12-11-27-21/h7-14,17,26,29H,5-6,15-16H2,1-4H3. The van der Waals surface area contributed by atoms with Crippen LogP contribution in [0.2, 0.25) is 0 Å². The number of rotatable bonds is 7. The molecule has 1 heterocycles. The quantitative estimate of drug-likeness (QED) is 0.617. The van der Waals surface area contributed by atoms with Crippen molar-refractivity contribution in [1.82, 2.24) is 15.3 Å². The molecular weight excluding hydrogens is 374 g/mol. The predicted molar refractivity (Wildman–Crippen MR) is 120 cm³/mol. The number of methoxy groups -OCH3 is 1. The Morgan fingerprint density at radius 3 is 2.37 bits per heavy atom. The molecule has 2 aromatic carbocycles. The van der Waals surface area contributed by atoms with Gasteiger partial charge in [0.15, 0.2) is 0 Å². The normalized spacial score (nSPS) is 16.4. The highest BCUT2D eigenvalue weighted by atomic mass is 16.5. The summed E-state index contributed by atoms with van der Waals surface area (Å²) in [6, 6.07) is 11.9. The highest BCUT2D eigenvalue weighted by molar-refractivity contribution is 5.75. The van der Waals surface area contributed by atoms with Crippen LogP contribution in [0.3, 0.4) is 0 Å². The Morgan fingerprint density at radius 1 is 1.00 bits per heavy atom. The van der Waals surface area contributed by atoms with Crippen LogP contribution in [0.15, 0.2) is 48.8 Å². The summed E-state index contributed by atoms with van der Waals surface area (Å²) in [6.45, 7) is 7.84. The number of hydrogen-bond donors (Lipinski definition) is 2. The van der Waals surface area contributed by atoms with Gasteiger partial charge in [-0.05, 0) is 66.1 Å². The van der Waals surface area contributed by atoms with E-state index < -0.39 is 5.60 Å². The van der Waals surface area contributed by atoms with E-state index in [1.54, 1.807) is 19.5 Å². The second-order valence-corrected chi connectivity index (χ2v) is 9.36. The van der Waals surface area contributed by atoms with E-state index in [4.69, 9.17) is 4.74 Å². The minimum absolute atomic E-state index is 0.0434. The van der Waals surface area contributed by atoms with Crippen molar-refractivity contribution in [3.63, 3.8) is 0 Å². The van der Waals surface area contributed by atoms with E-state index in [1.165, 1.54) is 12.8 Å². The molecule has 1 aliphatic rings. The van der Waals surface area contributed by atoms with Gasteiger partial charge in [-0.15, -0.1) is 0 Å². The largest absolute Gasteiger partial charge is 0.496 e. The second kappa shape index (κ2) is 7.97. The van der Waals surface area contributed by atoms with Gasteiger partial charge in [-0.25, -0.2) is 0 Å². The Hall–Kier alpha value is -2.50. The summed E-state index contributed by atoms with van der Waals surface area (Å²) in [5.74, 6) is 1.40. The fourth-order valence-electron chi connectivity index (χ4n) is 3.85. The highest BCUT2D eigenvalue weighted by Crippen LogP contribution is 2.39. The number of hydrogen-bond acceptors (Lipinski definition) is 5. The molecule has 1 atom stereocenters. The van der Waals surface area contributed by atoms with Crippen LogP contribution in [0.1, 0.15) is 50.3 Å². The van der Waals surface area contributed by atoms with Gasteiger partial charge in [-0.1, -0.05) is 32.9 Å². The van der Waals surface area contributed by atoms with Crippen LogP contribution in [0.25, 0.3) is 11.0 Å². The lowest BCUT2D eigenvalue weighted by Crippen LogP contribution is -2.40. The van der Waals surface area contributed by atoms with Crippen molar-refractivity contribution in [3.05, 3.63) is 65.5 Å². The lowest BCUT2D eigenvalue weighted by atomic mass is 9.80. The molecule has 1 saturated carbocycles. The van der Waals surface area contributed by atoms with Crippen LogP contribution in [-0.4, -0.2) is 35.3 Å². The van der Waals surface area contributed by atoms with Crippen molar-refractivity contribution in [3.8, 4) is 5.75 Å². The van der Waals surface area contributed by atoms with Gasteiger partial charge >= 0.3 is 0 Å². The van der Waals surface area contributed by atoms with Gasteiger partial charge in [-0.3, -0.25) is 9.97 Å². The maximum absolute atomic E-state index is 12.2. The SMILES string of the molecule is COc1ccc(C(C)(C)C)cc1C(O)(CNCC1CC1)c1ccc2nccnc2c1. The number of ether oxygens (including phenoxy) is 1. The fourth-order valence-corrected chi connectivity index (χ4v) is 3.85. The van der Waals surface area contributed by atoms with Crippen LogP contribution in [0.4, 0.5) is 0 Å². The molecule has 2 N–H and O–H groups in total. The molecule has 5 heteroatoms. The lowest BCUT2D eigenvalue weighted by Gasteiger charge is -2.33. The van der Waals surface area contributed by atoms with Crippen molar-refractivity contribution < 1.29 is 9.84 Å². The summed E-state index contributed by atoms with van der Waals surface area (Å²) in [7, 11) is 1.65. The summed E-state index contributed by atoms with van der Waals surface area (Å²) >= 11 is 0. The Morgan fingerprint density at radius 2 is 1.70 bits per heavy atom. The van der Waals surface area contributed by atoms with Crippen LogP contribution in [-0.2, 0) is 11.0 Å². The third-order valence-corrected chi connectivity index (χ3v) is 5.97. The van der Waals surface area contributed by atoms with Crippen LogP contribution in [0.5, 0.6) is 5.75 Å². The average molecular weight is 406 g/mol. The first-order valence-electron chi connectivity index (χ1n) is 10.6. The van der Waals surface area contributed by atoms with Gasteiger partial charge in [0.25, 0.3) is 0 Å². The van der Waals surface area contributed by atoms with Crippen molar-refractivity contribution in [2.75, 3.05) is 20.2 Å². The molecule has 0 amide bonds. The molecule has 1 fully saturated rings. The maximum Gasteiger partial charge on any atom is 0.131 e. The molecule has 0 spiro atoms. The Labute approximate surface area is 178 Å². The van der Waals surface area contributed by atoms with Gasteiger partial charge in [0.1, 0.15) is 11.4 Å². The molecule has 0 saturated heterocycles. The summed E-state index contributed by atoms with van der Waals surface area (Å²) in [5, 5.41) is 15.7. The number of nitrogens with zero attached hydrogens (tertiary/aromatic N) is 2. The zero-order valence-corrected chi connectivity index (χ0v) is 18.3. The molecule has 0 aliphatic heterocycles. The second-order valence-electron chi connectivity index (χ2n) is 9.36. The summed E-state index contributed by atoms with van der Waals surface area (Å²) in [4.78, 5) is 8.81. The molecular formula is C25H31N3O2. The molecule has 0 radical (unpaired) electrons. The molecule has 5 nitrogen and oxygen atoms in total. The summed E-state index contributed by atoms with van der Waals surface area (Å²) < 4.78 is 5.69. The molecule has 1 unspecified atom stereocenters. The minimum atomic E-state index is -1.26. The summed E-state index contributed by atoms with van der Waals surface area (Å²) in [5.41, 5.74) is 2.98. The van der Waals surface area contributed by atoms with E-state index in [9.17, 15) is 5.11 Å². The first-order chi connectivity index (χ1) is 14.3. The molecule has 0 bridgehead atoms. The fraction of sp³-hybridized carbons (Fsp3) is 0.440. The van der Waals surface area contributed by atoms with Gasteiger partial charge in [-0.2, -0.15) is 0 Å². The van der Waals surface area contributed by atoms with Crippen molar-refractivity contribution >= 4 is 11.0 Å². The first-order valence-corrected chi connectivity index (χ1v) is 10.6. The van der Waals surface area contributed by atoms with E-state index in [2.05, 4.69) is 48.2 Å². The van der Waals surface area contributed by atoms with Crippen LogP contribution in [0, 0.1) is 5.92 Å². The van der Waals surface area contributed by atoms with E-state index in [-0.39, 0.29) is 5.41 Å². The van der Waals surface area contributed by atoms with Gasteiger partial charge in [0, 0.05) is 24.5 Å². The average Bonchev–Trinajstić information content (AvgIpc) is 3.56. The number of benzene rings is 2. The number of aliphatic hydroxyl groups is 1. The summed E-state index contributed by atoms with van der Waals surface area (Å²) in [6.07, 6.45) is 5.89. The Bertz CT molecular complexity index is 1040. The lowest BCUT2D eigenvalue weighted by molar-refractivity contribution is 0.0769. The molecule has 30 heavy (non-hydrogen) atoms. The van der Waals surface area contributed by atoms with E-state index >= 15 is 0 Å². The van der Waals surface area contributed by atoms with Crippen LogP contribution >= 0.6 is 0 Å². The molecule has 1 aliphatic carbocycles. The molecule has 158 valence electrons. The molecule has 3 aromatic rings. The van der Waals surface area contributed by atoms with Gasteiger partial charge in [0.05, 0.1) is 18.1 Å². The van der Waals surface area contributed by atoms with E-state index in [1.807, 2.05) is 24.3 Å². The zero-order valence-electron chi connectivity index (χ0n) is 18.3. The van der Waals surface area contributed by atoms with Crippen LogP contribution < -0.4 is 10.1 Å². The number of nitrogens with one attached hydrogen (secondary N) is 1. The van der Waals surface area contributed by atoms with Gasteiger partial charge in [0.2, 0.25) is 0 Å². The highest BCUT2D eigenvalue weighted by Gasteiger charge is 2.36. The minimum Gasteiger partial charge on any atom is -0.496 e. The van der Waals surface area contributed by atoms with E-state index in [0.29, 0.717) is 12.3 Å². The molecule has 1 aromatic heterocycles. The van der Waals surface area contributed by atoms with Crippen molar-refractivity contribution in [1.29, 1.82) is 0 Å². The third kappa shape index (κ3) is 4.18. The Balaban J connectivity index is 1.83. The molecule has 4 rings (SSSR count). The third-order valence-electron chi connectivity index (χ3n) is 5.97. The topological polar surface area (TPSA) is 67.3 Å². The zero-order chi connectivity index (χ0) is 21.4. The Kier molecular flexibility index (Phi) is 5.51. The predicted octanol–water partition coefficient (Wildman–Crippen LogP) is 4.17. The first kappa shape index (κ1) is 20.8. The number of fused-ring (bicyclic) bond motifs is 1. The van der Waals surface area contributed by atoms with Crippen molar-refractivity contribution in [2.24, 2.45) is 5.92 Å². The smallest absolute Gasteiger partial charge is 0.131 e. The monoisotopic (exact) mass is 405 g/mol. The van der Waals surface area contributed by atoms with Crippen molar-refractivity contribution in [2.45, 2.75) is 44.6 Å². The van der Waals surface area contributed by atoms with Gasteiger partial charge < -0.3 is 15.2 Å². The number of aromatic nitrogens is 2. The van der Waals surface area contributed by atoms with E-state index in [0.717, 1.165) is 40.2 Å². The maximum atomic E-state index is 12.2.